The van der Waals surface area contributed by atoms with E-state index >= 15 is 0 Å². The molecule has 1 N–H and O–H groups in total. The molecule has 0 aliphatic heterocycles. The van der Waals surface area contributed by atoms with Gasteiger partial charge >= 0.3 is 0 Å². The summed E-state index contributed by atoms with van der Waals surface area (Å²) in [6.45, 7) is 2.36. The monoisotopic (exact) mass is 443 g/mol. The number of fused-ring (bicyclic) bond motifs is 1. The predicted octanol–water partition coefficient (Wildman–Crippen LogP) is 3.77. The molecule has 160 valence electrons. The third-order valence-corrected chi connectivity index (χ3v) is 6.22. The molecule has 9 heteroatoms. The fraction of sp³-hybridized carbons (Fsp3) is 0.174. The third kappa shape index (κ3) is 3.78. The van der Waals surface area contributed by atoms with Gasteiger partial charge in [0.25, 0.3) is 5.91 Å². The number of nitrogens with one attached hydrogen (secondary N) is 1. The Morgan fingerprint density at radius 1 is 1.19 bits per heavy atom. The van der Waals surface area contributed by atoms with Gasteiger partial charge in [-0.3, -0.25) is 14.2 Å². The molecular formula is C23H21N7OS. The molecule has 1 aromatic carbocycles. The number of nitrogens with zero attached hydrogens (tertiary/aromatic N) is 6. The van der Waals surface area contributed by atoms with Gasteiger partial charge in [-0.2, -0.15) is 10.2 Å². The molecule has 0 spiro atoms. The zero-order valence-electron chi connectivity index (χ0n) is 17.6. The molecule has 5 aromatic rings. The molecule has 0 bridgehead atoms. The third-order valence-electron chi connectivity index (χ3n) is 5.33. The van der Waals surface area contributed by atoms with Crippen LogP contribution in [0.3, 0.4) is 0 Å². The van der Waals surface area contributed by atoms with Gasteiger partial charge in [0.1, 0.15) is 12.7 Å². The van der Waals surface area contributed by atoms with Crippen molar-refractivity contribution in [1.29, 1.82) is 0 Å². The number of benzene rings is 1. The van der Waals surface area contributed by atoms with E-state index in [-0.39, 0.29) is 11.9 Å². The molecular weight excluding hydrogens is 422 g/mol. The van der Waals surface area contributed by atoms with E-state index in [1.807, 2.05) is 67.9 Å². The second-order valence-electron chi connectivity index (χ2n) is 7.49. The standard InChI is InChI=1S/C23H21N7OS/c1-15-21-17(11-18(20-9-6-10-32-20)26-22(21)29(2)28-15)23(31)27-19(12-30-14-24-13-25-30)16-7-4-3-5-8-16/h3-11,13-14,19H,12H2,1-2H3,(H,27,31). The Balaban J connectivity index is 1.57. The molecule has 0 radical (unpaired) electrons. The molecule has 0 saturated carbocycles. The maximum Gasteiger partial charge on any atom is 0.252 e. The molecule has 0 fully saturated rings. The fourth-order valence-electron chi connectivity index (χ4n) is 3.84. The summed E-state index contributed by atoms with van der Waals surface area (Å²) < 4.78 is 3.44. The summed E-state index contributed by atoms with van der Waals surface area (Å²) in [6.07, 6.45) is 3.13. The SMILES string of the molecule is Cc1nn(C)c2nc(-c3cccs3)cc(C(=O)NC(Cn3cncn3)c3ccccc3)c12. The van der Waals surface area contributed by atoms with Crippen LogP contribution in [0, 0.1) is 6.92 Å². The van der Waals surface area contributed by atoms with E-state index in [2.05, 4.69) is 20.5 Å². The summed E-state index contributed by atoms with van der Waals surface area (Å²) in [5.41, 5.74) is 3.76. The van der Waals surface area contributed by atoms with Crippen LogP contribution >= 0.6 is 11.3 Å². The predicted molar refractivity (Wildman–Crippen MR) is 123 cm³/mol. The molecule has 1 unspecified atom stereocenters. The molecule has 4 aromatic heterocycles. The van der Waals surface area contributed by atoms with E-state index in [1.165, 1.54) is 6.33 Å². The summed E-state index contributed by atoms with van der Waals surface area (Å²) in [5, 5.41) is 14.7. The molecule has 8 nitrogen and oxygen atoms in total. The Morgan fingerprint density at radius 2 is 2.03 bits per heavy atom. The number of aromatic nitrogens is 6. The van der Waals surface area contributed by atoms with Crippen LogP contribution in [-0.4, -0.2) is 35.4 Å². The van der Waals surface area contributed by atoms with Crippen molar-refractivity contribution in [2.24, 2.45) is 7.05 Å². The van der Waals surface area contributed by atoms with Crippen LogP contribution in [0.5, 0.6) is 0 Å². The van der Waals surface area contributed by atoms with Gasteiger partial charge in [-0.1, -0.05) is 36.4 Å². The Bertz CT molecular complexity index is 1360. The second-order valence-corrected chi connectivity index (χ2v) is 8.44. The molecule has 4 heterocycles. The Kier molecular flexibility index (Phi) is 5.24. The first-order chi connectivity index (χ1) is 15.6. The summed E-state index contributed by atoms with van der Waals surface area (Å²) in [6, 6.07) is 15.4. The fourth-order valence-corrected chi connectivity index (χ4v) is 4.53. The van der Waals surface area contributed by atoms with Crippen molar-refractivity contribution in [3.05, 3.63) is 83.4 Å². The quantitative estimate of drug-likeness (QED) is 0.431. The highest BCUT2D eigenvalue weighted by Gasteiger charge is 2.23. The Labute approximate surface area is 188 Å². The summed E-state index contributed by atoms with van der Waals surface area (Å²) in [4.78, 5) is 23.4. The van der Waals surface area contributed by atoms with Crippen molar-refractivity contribution in [2.75, 3.05) is 0 Å². The van der Waals surface area contributed by atoms with Crippen LogP contribution in [0.25, 0.3) is 21.6 Å². The highest BCUT2D eigenvalue weighted by Crippen LogP contribution is 2.29. The van der Waals surface area contributed by atoms with E-state index in [9.17, 15) is 4.79 Å². The average molecular weight is 444 g/mol. The van der Waals surface area contributed by atoms with Crippen LogP contribution in [0.4, 0.5) is 0 Å². The van der Waals surface area contributed by atoms with E-state index < -0.39 is 0 Å². The van der Waals surface area contributed by atoms with Crippen molar-refractivity contribution < 1.29 is 4.79 Å². The number of carbonyl (C=O) groups is 1. The molecule has 0 aliphatic carbocycles. The van der Waals surface area contributed by atoms with Gasteiger partial charge in [-0.25, -0.2) is 9.97 Å². The molecule has 1 amide bonds. The number of hydrogen-bond donors (Lipinski definition) is 1. The van der Waals surface area contributed by atoms with Crippen LogP contribution in [0.2, 0.25) is 0 Å². The highest BCUT2D eigenvalue weighted by molar-refractivity contribution is 7.13. The molecule has 1 atom stereocenters. The molecule has 0 saturated heterocycles. The largest absolute Gasteiger partial charge is 0.343 e. The zero-order valence-corrected chi connectivity index (χ0v) is 18.5. The van der Waals surface area contributed by atoms with Gasteiger partial charge in [0, 0.05) is 7.05 Å². The van der Waals surface area contributed by atoms with E-state index in [4.69, 9.17) is 4.98 Å². The van der Waals surface area contributed by atoms with Gasteiger partial charge in [0.15, 0.2) is 5.65 Å². The van der Waals surface area contributed by atoms with Crippen LogP contribution in [-0.2, 0) is 13.6 Å². The maximum absolute atomic E-state index is 13.6. The van der Waals surface area contributed by atoms with Crippen molar-refractivity contribution in [3.63, 3.8) is 0 Å². The first-order valence-corrected chi connectivity index (χ1v) is 11.0. The Hall–Kier alpha value is -3.85. The zero-order chi connectivity index (χ0) is 22.1. The smallest absolute Gasteiger partial charge is 0.252 e. The number of amides is 1. The lowest BCUT2D eigenvalue weighted by Gasteiger charge is -2.20. The van der Waals surface area contributed by atoms with E-state index in [0.717, 1.165) is 27.2 Å². The van der Waals surface area contributed by atoms with E-state index in [1.54, 1.807) is 27.0 Å². The average Bonchev–Trinajstić information content (AvgIpc) is 3.56. The van der Waals surface area contributed by atoms with Crippen molar-refractivity contribution >= 4 is 28.3 Å². The maximum atomic E-state index is 13.6. The van der Waals surface area contributed by atoms with Crippen LogP contribution in [0.15, 0.2) is 66.6 Å². The van der Waals surface area contributed by atoms with Crippen molar-refractivity contribution in [2.45, 2.75) is 19.5 Å². The normalized spacial score (nSPS) is 12.2. The lowest BCUT2D eigenvalue weighted by atomic mass is 10.0. The first kappa shape index (κ1) is 20.1. The molecule has 5 rings (SSSR count). The number of aryl methyl sites for hydroxylation is 2. The summed E-state index contributed by atoms with van der Waals surface area (Å²) in [5.74, 6) is -0.180. The number of pyridine rings is 1. The summed E-state index contributed by atoms with van der Waals surface area (Å²) >= 11 is 1.59. The van der Waals surface area contributed by atoms with Gasteiger partial charge < -0.3 is 5.32 Å². The van der Waals surface area contributed by atoms with Crippen molar-refractivity contribution in [1.82, 2.24) is 34.8 Å². The van der Waals surface area contributed by atoms with Gasteiger partial charge in [-0.05, 0) is 30.0 Å². The Morgan fingerprint density at radius 3 is 2.75 bits per heavy atom. The number of hydrogen-bond acceptors (Lipinski definition) is 6. The van der Waals surface area contributed by atoms with Crippen molar-refractivity contribution in [3.8, 4) is 10.6 Å². The first-order valence-electron chi connectivity index (χ1n) is 10.2. The topological polar surface area (TPSA) is 90.5 Å². The molecule has 0 aliphatic rings. The highest BCUT2D eigenvalue weighted by atomic mass is 32.1. The minimum absolute atomic E-state index is 0.180. The molecule has 32 heavy (non-hydrogen) atoms. The lowest BCUT2D eigenvalue weighted by Crippen LogP contribution is -2.32. The minimum Gasteiger partial charge on any atom is -0.343 e. The van der Waals surface area contributed by atoms with Crippen LogP contribution < -0.4 is 5.32 Å². The summed E-state index contributed by atoms with van der Waals surface area (Å²) in [7, 11) is 1.85. The number of rotatable bonds is 6. The van der Waals surface area contributed by atoms with Gasteiger partial charge in [0.2, 0.25) is 0 Å². The van der Waals surface area contributed by atoms with Crippen LogP contribution in [0.1, 0.15) is 27.7 Å². The minimum atomic E-state index is -0.282. The number of thiophene rings is 1. The lowest BCUT2D eigenvalue weighted by molar-refractivity contribution is 0.0933. The van der Waals surface area contributed by atoms with E-state index in [0.29, 0.717) is 17.8 Å². The number of carbonyl (C=O) groups excluding carboxylic acids is 1. The second kappa shape index (κ2) is 8.35. The van der Waals surface area contributed by atoms with Gasteiger partial charge in [0.05, 0.1) is 39.8 Å². The van der Waals surface area contributed by atoms with Gasteiger partial charge in [-0.15, -0.1) is 11.3 Å².